The second-order valence-electron chi connectivity index (χ2n) is 4.64. The van der Waals surface area contributed by atoms with Crippen LogP contribution in [0.1, 0.15) is 29.3 Å². The Balaban J connectivity index is 2.05. The summed E-state index contributed by atoms with van der Waals surface area (Å²) in [5.74, 6) is -0.265. The van der Waals surface area contributed by atoms with Crippen LogP contribution in [0, 0.1) is 17.2 Å². The molecule has 4 nitrogen and oxygen atoms in total. The fraction of sp³-hybridized carbons (Fsp3) is 0.429. The van der Waals surface area contributed by atoms with Crippen molar-refractivity contribution in [3.8, 4) is 6.07 Å². The van der Waals surface area contributed by atoms with Crippen molar-refractivity contribution in [2.75, 3.05) is 18.4 Å². The van der Waals surface area contributed by atoms with E-state index in [-0.39, 0.29) is 11.8 Å². The first-order valence-electron chi connectivity index (χ1n) is 6.25. The van der Waals surface area contributed by atoms with Gasteiger partial charge in [-0.15, -0.1) is 0 Å². The van der Waals surface area contributed by atoms with Crippen LogP contribution in [0.4, 0.5) is 5.69 Å². The summed E-state index contributed by atoms with van der Waals surface area (Å²) in [4.78, 5) is 11.9. The maximum absolute atomic E-state index is 11.9. The lowest BCUT2D eigenvalue weighted by molar-refractivity contribution is 0.0950. The molecule has 0 bridgehead atoms. The van der Waals surface area contributed by atoms with E-state index in [0.717, 1.165) is 25.1 Å². The highest BCUT2D eigenvalue weighted by molar-refractivity contribution is 5.95. The van der Waals surface area contributed by atoms with Crippen LogP contribution in [0.2, 0.25) is 0 Å². The lowest BCUT2D eigenvalue weighted by Crippen LogP contribution is -2.28. The van der Waals surface area contributed by atoms with Crippen LogP contribution >= 0.6 is 0 Å². The lowest BCUT2D eigenvalue weighted by atomic mass is 10.0. The minimum absolute atomic E-state index is 0.106. The summed E-state index contributed by atoms with van der Waals surface area (Å²) in [5.41, 5.74) is 2.99. The summed E-state index contributed by atoms with van der Waals surface area (Å²) < 4.78 is 0. The van der Waals surface area contributed by atoms with E-state index in [1.54, 1.807) is 6.92 Å². The average Bonchev–Trinajstić information content (AvgIpc) is 2.43. The number of fused-ring (bicyclic) bond motifs is 1. The Morgan fingerprint density at radius 1 is 1.61 bits per heavy atom. The first-order chi connectivity index (χ1) is 8.70. The maximum atomic E-state index is 11.9. The summed E-state index contributed by atoms with van der Waals surface area (Å²) in [7, 11) is 0. The van der Waals surface area contributed by atoms with Gasteiger partial charge in [0.15, 0.2) is 0 Å². The van der Waals surface area contributed by atoms with Gasteiger partial charge in [0.2, 0.25) is 0 Å². The molecule has 0 radical (unpaired) electrons. The second-order valence-corrected chi connectivity index (χ2v) is 4.64. The maximum Gasteiger partial charge on any atom is 0.251 e. The molecule has 1 heterocycles. The van der Waals surface area contributed by atoms with Crippen LogP contribution in [-0.2, 0) is 6.42 Å². The molecule has 18 heavy (non-hydrogen) atoms. The topological polar surface area (TPSA) is 64.9 Å². The second kappa shape index (κ2) is 5.54. The Bertz CT molecular complexity index is 490. The quantitative estimate of drug-likeness (QED) is 0.852. The number of carbonyl (C=O) groups excluding carboxylic acids is 1. The van der Waals surface area contributed by atoms with Gasteiger partial charge in [0.25, 0.3) is 5.91 Å². The van der Waals surface area contributed by atoms with Gasteiger partial charge < -0.3 is 10.6 Å². The number of benzene rings is 1. The number of hydrogen-bond acceptors (Lipinski definition) is 3. The van der Waals surface area contributed by atoms with Gasteiger partial charge in [0, 0.05) is 24.3 Å². The molecule has 0 spiro atoms. The van der Waals surface area contributed by atoms with Gasteiger partial charge >= 0.3 is 0 Å². The first-order valence-corrected chi connectivity index (χ1v) is 6.25. The average molecular weight is 243 g/mol. The van der Waals surface area contributed by atoms with E-state index in [2.05, 4.69) is 16.7 Å². The van der Waals surface area contributed by atoms with E-state index in [4.69, 9.17) is 5.26 Å². The highest BCUT2D eigenvalue weighted by Crippen LogP contribution is 2.22. The number of anilines is 1. The smallest absolute Gasteiger partial charge is 0.251 e. The van der Waals surface area contributed by atoms with E-state index in [0.29, 0.717) is 12.1 Å². The van der Waals surface area contributed by atoms with Crippen molar-refractivity contribution in [3.63, 3.8) is 0 Å². The van der Waals surface area contributed by atoms with E-state index in [1.165, 1.54) is 5.56 Å². The summed E-state index contributed by atoms with van der Waals surface area (Å²) in [5, 5.41) is 14.8. The van der Waals surface area contributed by atoms with Crippen molar-refractivity contribution in [2.45, 2.75) is 19.8 Å². The van der Waals surface area contributed by atoms with Crippen LogP contribution in [0.25, 0.3) is 0 Å². The van der Waals surface area contributed by atoms with E-state index < -0.39 is 0 Å². The van der Waals surface area contributed by atoms with Gasteiger partial charge in [-0.3, -0.25) is 4.79 Å². The standard InChI is InChI=1S/C14H17N3O/c1-10(8-15)9-17-14(18)12-4-5-13-11(7-12)3-2-6-16-13/h4-5,7,10,16H,2-3,6,9H2,1H3,(H,17,18). The number of rotatable bonds is 3. The summed E-state index contributed by atoms with van der Waals surface area (Å²) in [6.07, 6.45) is 2.11. The molecule has 0 fully saturated rings. The number of amides is 1. The Hall–Kier alpha value is -2.02. The third kappa shape index (κ3) is 2.80. The summed E-state index contributed by atoms with van der Waals surface area (Å²) in [6, 6.07) is 7.81. The molecular formula is C14H17N3O. The molecule has 1 amide bonds. The van der Waals surface area contributed by atoms with Crippen molar-refractivity contribution in [1.82, 2.24) is 5.32 Å². The predicted octanol–water partition coefficient (Wildman–Crippen LogP) is 1.93. The molecule has 0 saturated heterocycles. The van der Waals surface area contributed by atoms with Crippen molar-refractivity contribution >= 4 is 11.6 Å². The van der Waals surface area contributed by atoms with Crippen molar-refractivity contribution in [3.05, 3.63) is 29.3 Å². The van der Waals surface area contributed by atoms with Crippen molar-refractivity contribution in [1.29, 1.82) is 5.26 Å². The Labute approximate surface area is 107 Å². The van der Waals surface area contributed by atoms with E-state index >= 15 is 0 Å². The number of hydrogen-bond donors (Lipinski definition) is 2. The van der Waals surface area contributed by atoms with Crippen molar-refractivity contribution in [2.24, 2.45) is 5.92 Å². The minimum Gasteiger partial charge on any atom is -0.385 e. The number of carbonyl (C=O) groups is 1. The first kappa shape index (κ1) is 12.4. The van der Waals surface area contributed by atoms with Crippen molar-refractivity contribution < 1.29 is 4.79 Å². The summed E-state index contributed by atoms with van der Waals surface area (Å²) >= 11 is 0. The summed E-state index contributed by atoms with van der Waals surface area (Å²) in [6.45, 7) is 3.18. The largest absolute Gasteiger partial charge is 0.385 e. The van der Waals surface area contributed by atoms with Crippen LogP contribution in [0.3, 0.4) is 0 Å². The Kier molecular flexibility index (Phi) is 3.83. The zero-order valence-electron chi connectivity index (χ0n) is 10.5. The molecule has 94 valence electrons. The highest BCUT2D eigenvalue weighted by Gasteiger charge is 2.12. The molecule has 4 heteroatoms. The Morgan fingerprint density at radius 3 is 3.22 bits per heavy atom. The number of nitrogens with zero attached hydrogens (tertiary/aromatic N) is 1. The number of nitrogens with one attached hydrogen (secondary N) is 2. The molecular weight excluding hydrogens is 226 g/mol. The predicted molar refractivity (Wildman–Crippen MR) is 70.4 cm³/mol. The lowest BCUT2D eigenvalue weighted by Gasteiger charge is -2.18. The van der Waals surface area contributed by atoms with Crippen LogP contribution in [0.5, 0.6) is 0 Å². The molecule has 0 aromatic heterocycles. The monoisotopic (exact) mass is 243 g/mol. The molecule has 0 saturated carbocycles. The molecule has 1 aliphatic rings. The molecule has 1 atom stereocenters. The Morgan fingerprint density at radius 2 is 2.44 bits per heavy atom. The molecule has 1 aromatic rings. The molecule has 2 N–H and O–H groups in total. The van der Waals surface area contributed by atoms with Gasteiger partial charge in [-0.1, -0.05) is 0 Å². The van der Waals surface area contributed by atoms with Crippen LogP contribution in [0.15, 0.2) is 18.2 Å². The minimum atomic E-state index is -0.159. The fourth-order valence-electron chi connectivity index (χ4n) is 2.01. The molecule has 2 rings (SSSR count). The third-order valence-electron chi connectivity index (χ3n) is 3.09. The number of nitriles is 1. The molecule has 1 aliphatic heterocycles. The van der Waals surface area contributed by atoms with Gasteiger partial charge in [-0.05, 0) is 43.5 Å². The fourth-order valence-corrected chi connectivity index (χ4v) is 2.01. The van der Waals surface area contributed by atoms with Crippen LogP contribution < -0.4 is 10.6 Å². The zero-order chi connectivity index (χ0) is 13.0. The van der Waals surface area contributed by atoms with E-state index in [1.807, 2.05) is 18.2 Å². The number of aryl methyl sites for hydroxylation is 1. The van der Waals surface area contributed by atoms with Crippen LogP contribution in [-0.4, -0.2) is 19.0 Å². The van der Waals surface area contributed by atoms with E-state index in [9.17, 15) is 4.79 Å². The van der Waals surface area contributed by atoms with Gasteiger partial charge in [-0.2, -0.15) is 5.26 Å². The third-order valence-corrected chi connectivity index (χ3v) is 3.09. The SMILES string of the molecule is CC(C#N)CNC(=O)c1ccc2c(c1)CCCN2. The molecule has 1 unspecified atom stereocenters. The zero-order valence-corrected chi connectivity index (χ0v) is 10.5. The normalized spacial score (nSPS) is 14.9. The highest BCUT2D eigenvalue weighted by atomic mass is 16.1. The van der Waals surface area contributed by atoms with Gasteiger partial charge in [0.05, 0.1) is 12.0 Å². The van der Waals surface area contributed by atoms with Gasteiger partial charge in [-0.25, -0.2) is 0 Å². The molecule has 0 aliphatic carbocycles. The molecule has 1 aromatic carbocycles. The van der Waals surface area contributed by atoms with Gasteiger partial charge in [0.1, 0.15) is 0 Å².